The second-order valence-corrected chi connectivity index (χ2v) is 19.0. The Morgan fingerprint density at radius 1 is 0.530 bits per heavy atom. The van der Waals surface area contributed by atoms with Gasteiger partial charge in [-0.25, -0.2) is 0 Å². The zero-order valence-corrected chi connectivity index (χ0v) is 41.2. The van der Waals surface area contributed by atoms with Crippen LogP contribution >= 0.6 is 0 Å². The second-order valence-electron chi connectivity index (χ2n) is 19.0. The molecular formula is C52H97NO13. The van der Waals surface area contributed by atoms with E-state index in [-0.39, 0.29) is 18.9 Å². The molecule has 388 valence electrons. The van der Waals surface area contributed by atoms with E-state index in [0.717, 1.165) is 57.8 Å². The number of hydrogen-bond acceptors (Lipinski definition) is 13. The average Bonchev–Trinajstić information content (AvgIpc) is 3.31. The molecule has 0 saturated carbocycles. The maximum atomic E-state index is 13.2. The van der Waals surface area contributed by atoms with Crippen LogP contribution in [-0.4, -0.2) is 140 Å². The first kappa shape index (κ1) is 60.6. The molecule has 12 unspecified atom stereocenters. The standard InChI is InChI=1S/C52H97NO13/c1-3-5-7-9-11-13-15-17-19-20-21-22-23-25-27-29-31-33-35-41(56)40(53-44(57)36-34-32-30-28-26-24-18-16-14-12-10-8-6-4-2)39-63-51-49(62)47(60)50(43(38-55)65-51)66-52-48(61)46(59)45(58)42(37-54)64-52/h16,18,33,35,40-43,45-52,54-56,58-62H,3-15,17,19-32,34,36-39H2,1-2H3,(H,53,57)/b18-16-,35-33+. The Hall–Kier alpha value is -1.53. The van der Waals surface area contributed by atoms with Crippen molar-refractivity contribution in [2.24, 2.45) is 0 Å². The lowest BCUT2D eigenvalue weighted by molar-refractivity contribution is -0.359. The number of unbranched alkanes of at least 4 members (excludes halogenated alkanes) is 26. The van der Waals surface area contributed by atoms with Crippen LogP contribution in [0.25, 0.3) is 0 Å². The number of hydrogen-bond donors (Lipinski definition) is 9. The summed E-state index contributed by atoms with van der Waals surface area (Å²) in [5.74, 6) is -0.248. The van der Waals surface area contributed by atoms with Crippen molar-refractivity contribution in [2.45, 2.75) is 280 Å². The Bertz CT molecular complexity index is 1210. The average molecular weight is 944 g/mol. The SMILES string of the molecule is CCCCCCC/C=C\CCCCCCCC(=O)NC(COC1OC(CO)C(OC2OC(CO)C(O)C(O)C2O)C(O)C1O)C(O)/C=C/CCCCCCCCCCCCCCCCCC. The van der Waals surface area contributed by atoms with Crippen LogP contribution in [0.3, 0.4) is 0 Å². The highest BCUT2D eigenvalue weighted by Crippen LogP contribution is 2.30. The predicted molar refractivity (Wildman–Crippen MR) is 258 cm³/mol. The molecule has 2 heterocycles. The first-order valence-electron chi connectivity index (χ1n) is 26.6. The Kier molecular flexibility index (Phi) is 36.0. The Morgan fingerprint density at radius 2 is 0.955 bits per heavy atom. The minimum Gasteiger partial charge on any atom is -0.394 e. The molecule has 0 aliphatic carbocycles. The van der Waals surface area contributed by atoms with Gasteiger partial charge in [-0.15, -0.1) is 0 Å². The van der Waals surface area contributed by atoms with E-state index in [4.69, 9.17) is 18.9 Å². The van der Waals surface area contributed by atoms with Crippen LogP contribution in [-0.2, 0) is 23.7 Å². The fourth-order valence-electron chi connectivity index (χ4n) is 8.76. The van der Waals surface area contributed by atoms with Crippen LogP contribution in [0.4, 0.5) is 0 Å². The second kappa shape index (κ2) is 39.2. The number of ether oxygens (including phenoxy) is 4. The molecule has 9 N–H and O–H groups in total. The minimum atomic E-state index is -1.79. The van der Waals surface area contributed by atoms with Crippen molar-refractivity contribution in [2.75, 3.05) is 19.8 Å². The molecule has 14 heteroatoms. The molecule has 0 aromatic rings. The van der Waals surface area contributed by atoms with E-state index in [0.29, 0.717) is 6.42 Å². The lowest BCUT2D eigenvalue weighted by atomic mass is 9.97. The van der Waals surface area contributed by atoms with E-state index in [9.17, 15) is 45.6 Å². The maximum absolute atomic E-state index is 13.2. The van der Waals surface area contributed by atoms with Gasteiger partial charge in [0.05, 0.1) is 32.0 Å². The number of nitrogens with one attached hydrogen (secondary N) is 1. The van der Waals surface area contributed by atoms with Crippen LogP contribution in [0.2, 0.25) is 0 Å². The van der Waals surface area contributed by atoms with Gasteiger partial charge in [-0.05, 0) is 44.9 Å². The highest BCUT2D eigenvalue weighted by molar-refractivity contribution is 5.76. The van der Waals surface area contributed by atoms with Gasteiger partial charge in [0.25, 0.3) is 0 Å². The van der Waals surface area contributed by atoms with Gasteiger partial charge in [0.15, 0.2) is 12.6 Å². The number of carbonyl (C=O) groups is 1. The van der Waals surface area contributed by atoms with Crippen LogP contribution in [0, 0.1) is 0 Å². The zero-order valence-electron chi connectivity index (χ0n) is 41.2. The quantitative estimate of drug-likeness (QED) is 0.0216. The molecule has 2 aliphatic heterocycles. The fraction of sp³-hybridized carbons (Fsp3) is 0.904. The molecule has 0 spiro atoms. The highest BCUT2D eigenvalue weighted by atomic mass is 16.7. The summed E-state index contributed by atoms with van der Waals surface area (Å²) >= 11 is 0. The molecule has 0 aromatic carbocycles. The lowest BCUT2D eigenvalue weighted by Gasteiger charge is -2.46. The van der Waals surface area contributed by atoms with Crippen LogP contribution in [0.5, 0.6) is 0 Å². The Balaban J connectivity index is 1.84. The van der Waals surface area contributed by atoms with Gasteiger partial charge >= 0.3 is 0 Å². The highest BCUT2D eigenvalue weighted by Gasteiger charge is 2.51. The van der Waals surface area contributed by atoms with E-state index in [1.54, 1.807) is 6.08 Å². The van der Waals surface area contributed by atoms with Crippen molar-refractivity contribution >= 4 is 5.91 Å². The van der Waals surface area contributed by atoms with Crippen LogP contribution < -0.4 is 5.32 Å². The number of allylic oxidation sites excluding steroid dienone is 3. The normalized spacial score (nSPS) is 26.9. The van der Waals surface area contributed by atoms with E-state index in [2.05, 4.69) is 31.3 Å². The summed E-state index contributed by atoms with van der Waals surface area (Å²) in [6.45, 7) is 2.78. The minimum absolute atomic E-state index is 0.248. The number of aliphatic hydroxyl groups is 8. The molecule has 2 rings (SSSR count). The van der Waals surface area contributed by atoms with Crippen molar-refractivity contribution in [1.29, 1.82) is 0 Å². The summed E-state index contributed by atoms with van der Waals surface area (Å²) in [4.78, 5) is 13.2. The molecular weight excluding hydrogens is 847 g/mol. The molecule has 2 fully saturated rings. The fourth-order valence-corrected chi connectivity index (χ4v) is 8.76. The summed E-state index contributed by atoms with van der Waals surface area (Å²) in [7, 11) is 0. The number of amides is 1. The van der Waals surface area contributed by atoms with Gasteiger partial charge in [0.2, 0.25) is 5.91 Å². The van der Waals surface area contributed by atoms with Gasteiger partial charge in [-0.1, -0.05) is 179 Å². The van der Waals surface area contributed by atoms with E-state index in [1.165, 1.54) is 122 Å². The molecule has 1 amide bonds. The molecule has 2 aliphatic rings. The van der Waals surface area contributed by atoms with Gasteiger partial charge in [-0.3, -0.25) is 4.79 Å². The van der Waals surface area contributed by atoms with Crippen LogP contribution in [0.1, 0.15) is 206 Å². The third kappa shape index (κ3) is 25.9. The van der Waals surface area contributed by atoms with E-state index < -0.39 is 86.8 Å². The summed E-state index contributed by atoms with van der Waals surface area (Å²) in [6.07, 6.45) is 26.4. The topological polar surface area (TPSA) is 228 Å². The molecule has 0 bridgehead atoms. The van der Waals surface area contributed by atoms with E-state index in [1.807, 2.05) is 6.08 Å². The van der Waals surface area contributed by atoms with Crippen LogP contribution in [0.15, 0.2) is 24.3 Å². The van der Waals surface area contributed by atoms with Gasteiger partial charge in [0.1, 0.15) is 48.8 Å². The third-order valence-electron chi connectivity index (χ3n) is 13.1. The summed E-state index contributed by atoms with van der Waals surface area (Å²) in [5.41, 5.74) is 0. The summed E-state index contributed by atoms with van der Waals surface area (Å²) in [6, 6.07) is -0.915. The Labute approximate surface area is 398 Å². The van der Waals surface area contributed by atoms with Gasteiger partial charge in [0, 0.05) is 6.42 Å². The van der Waals surface area contributed by atoms with E-state index >= 15 is 0 Å². The number of carbonyl (C=O) groups excluding carboxylic acids is 1. The Morgan fingerprint density at radius 3 is 1.44 bits per heavy atom. The monoisotopic (exact) mass is 944 g/mol. The smallest absolute Gasteiger partial charge is 0.220 e. The van der Waals surface area contributed by atoms with Crippen molar-refractivity contribution in [3.05, 3.63) is 24.3 Å². The van der Waals surface area contributed by atoms with Crippen molar-refractivity contribution in [1.82, 2.24) is 5.32 Å². The first-order chi connectivity index (χ1) is 32.1. The molecule has 12 atom stereocenters. The van der Waals surface area contributed by atoms with Gasteiger partial charge in [-0.2, -0.15) is 0 Å². The van der Waals surface area contributed by atoms with Crippen molar-refractivity contribution in [3.8, 4) is 0 Å². The van der Waals surface area contributed by atoms with Crippen molar-refractivity contribution < 1.29 is 64.6 Å². The first-order valence-corrected chi connectivity index (χ1v) is 26.6. The third-order valence-corrected chi connectivity index (χ3v) is 13.1. The van der Waals surface area contributed by atoms with Gasteiger partial charge < -0.3 is 65.1 Å². The number of rotatable bonds is 41. The summed E-state index contributed by atoms with van der Waals surface area (Å²) in [5, 5.41) is 86.8. The van der Waals surface area contributed by atoms with Crippen molar-refractivity contribution in [3.63, 3.8) is 0 Å². The summed E-state index contributed by atoms with van der Waals surface area (Å²) < 4.78 is 22.7. The lowest BCUT2D eigenvalue weighted by Crippen LogP contribution is -2.65. The number of aliphatic hydroxyl groups excluding tert-OH is 8. The largest absolute Gasteiger partial charge is 0.394 e. The molecule has 66 heavy (non-hydrogen) atoms. The predicted octanol–water partition coefficient (Wildman–Crippen LogP) is 7.33. The molecule has 0 aromatic heterocycles. The zero-order chi connectivity index (χ0) is 48.2. The molecule has 0 radical (unpaired) electrons. The molecule has 2 saturated heterocycles. The maximum Gasteiger partial charge on any atom is 0.220 e. The molecule has 14 nitrogen and oxygen atoms in total.